The molecule has 21 heavy (non-hydrogen) atoms. The zero-order valence-electron chi connectivity index (χ0n) is 11.4. The van der Waals surface area contributed by atoms with Crippen LogP contribution in [0.4, 0.5) is 11.5 Å². The van der Waals surface area contributed by atoms with Gasteiger partial charge in [-0.05, 0) is 18.2 Å². The Morgan fingerprint density at radius 2 is 2.10 bits per heavy atom. The molecule has 0 radical (unpaired) electrons. The average molecular weight is 283 g/mol. The van der Waals surface area contributed by atoms with Crippen molar-refractivity contribution in [3.8, 4) is 0 Å². The molecule has 0 aliphatic carbocycles. The summed E-state index contributed by atoms with van der Waals surface area (Å²) in [5.74, 6) is 1.47. The molecule has 0 bridgehead atoms. The van der Waals surface area contributed by atoms with Crippen LogP contribution in [-0.4, -0.2) is 17.0 Å². The Labute approximate surface area is 120 Å². The standard InChI is InChI=1S/C15H13N3O3/c1-17(15-7-6-12(9-16-15)18(19)20)10-13-8-11-4-2-3-5-14(11)21-13/h2-9H,10H2,1H3. The van der Waals surface area contributed by atoms with E-state index in [0.717, 1.165) is 16.7 Å². The highest BCUT2D eigenvalue weighted by Gasteiger charge is 2.10. The molecule has 2 heterocycles. The van der Waals surface area contributed by atoms with Gasteiger partial charge in [-0.15, -0.1) is 0 Å². The number of rotatable bonds is 4. The number of anilines is 1. The van der Waals surface area contributed by atoms with E-state index in [4.69, 9.17) is 4.42 Å². The van der Waals surface area contributed by atoms with E-state index in [0.29, 0.717) is 12.4 Å². The number of furan rings is 1. The minimum atomic E-state index is -0.462. The van der Waals surface area contributed by atoms with Crippen LogP contribution in [0.2, 0.25) is 0 Å². The molecule has 3 aromatic rings. The van der Waals surface area contributed by atoms with Crippen molar-refractivity contribution >= 4 is 22.5 Å². The highest BCUT2D eigenvalue weighted by molar-refractivity contribution is 5.77. The maximum atomic E-state index is 10.6. The summed E-state index contributed by atoms with van der Waals surface area (Å²) in [6, 6.07) is 12.9. The van der Waals surface area contributed by atoms with Gasteiger partial charge in [-0.25, -0.2) is 4.98 Å². The fourth-order valence-electron chi connectivity index (χ4n) is 2.14. The molecule has 2 aromatic heterocycles. The van der Waals surface area contributed by atoms with Gasteiger partial charge in [0.25, 0.3) is 5.69 Å². The van der Waals surface area contributed by atoms with Gasteiger partial charge >= 0.3 is 0 Å². The number of para-hydroxylation sites is 1. The molecule has 106 valence electrons. The van der Waals surface area contributed by atoms with Crippen LogP contribution in [0.5, 0.6) is 0 Å². The summed E-state index contributed by atoms with van der Waals surface area (Å²) in [5, 5.41) is 11.7. The number of nitro groups is 1. The third-order valence-corrected chi connectivity index (χ3v) is 3.20. The number of fused-ring (bicyclic) bond motifs is 1. The van der Waals surface area contributed by atoms with Crippen LogP contribution in [0.15, 0.2) is 53.1 Å². The Morgan fingerprint density at radius 1 is 1.29 bits per heavy atom. The lowest BCUT2D eigenvalue weighted by molar-refractivity contribution is -0.385. The second-order valence-corrected chi connectivity index (χ2v) is 4.74. The zero-order chi connectivity index (χ0) is 14.8. The molecule has 0 saturated heterocycles. The van der Waals surface area contributed by atoms with Crippen molar-refractivity contribution in [2.75, 3.05) is 11.9 Å². The van der Waals surface area contributed by atoms with Crippen molar-refractivity contribution < 1.29 is 9.34 Å². The van der Waals surface area contributed by atoms with Gasteiger partial charge in [0, 0.05) is 18.5 Å². The molecular weight excluding hydrogens is 270 g/mol. The first kappa shape index (κ1) is 13.1. The summed E-state index contributed by atoms with van der Waals surface area (Å²) < 4.78 is 5.74. The highest BCUT2D eigenvalue weighted by atomic mass is 16.6. The molecule has 6 heteroatoms. The number of aromatic nitrogens is 1. The van der Waals surface area contributed by atoms with Crippen LogP contribution in [0.25, 0.3) is 11.0 Å². The third-order valence-electron chi connectivity index (χ3n) is 3.20. The molecule has 6 nitrogen and oxygen atoms in total. The van der Waals surface area contributed by atoms with E-state index in [1.807, 2.05) is 42.3 Å². The van der Waals surface area contributed by atoms with Crippen molar-refractivity contribution in [3.05, 3.63) is 64.5 Å². The van der Waals surface area contributed by atoms with E-state index < -0.39 is 4.92 Å². The van der Waals surface area contributed by atoms with Crippen molar-refractivity contribution in [2.45, 2.75) is 6.54 Å². The van der Waals surface area contributed by atoms with E-state index in [-0.39, 0.29) is 5.69 Å². The van der Waals surface area contributed by atoms with Crippen LogP contribution < -0.4 is 4.90 Å². The van der Waals surface area contributed by atoms with E-state index in [1.165, 1.54) is 12.3 Å². The maximum Gasteiger partial charge on any atom is 0.287 e. The SMILES string of the molecule is CN(Cc1cc2ccccc2o1)c1ccc([N+](=O)[O-])cn1. The predicted molar refractivity (Wildman–Crippen MR) is 79.2 cm³/mol. The zero-order valence-corrected chi connectivity index (χ0v) is 11.4. The largest absolute Gasteiger partial charge is 0.459 e. The van der Waals surface area contributed by atoms with Crippen molar-refractivity contribution in [1.29, 1.82) is 0 Å². The first-order valence-corrected chi connectivity index (χ1v) is 6.42. The fraction of sp³-hybridized carbons (Fsp3) is 0.133. The van der Waals surface area contributed by atoms with E-state index in [1.54, 1.807) is 6.07 Å². The predicted octanol–water partition coefficient (Wildman–Crippen LogP) is 3.37. The van der Waals surface area contributed by atoms with Crippen LogP contribution in [0.3, 0.4) is 0 Å². The second kappa shape index (κ2) is 5.24. The second-order valence-electron chi connectivity index (χ2n) is 4.74. The Kier molecular flexibility index (Phi) is 3.27. The smallest absolute Gasteiger partial charge is 0.287 e. The van der Waals surface area contributed by atoms with Gasteiger partial charge in [-0.3, -0.25) is 10.1 Å². The first-order chi connectivity index (χ1) is 10.1. The number of pyridine rings is 1. The fourth-order valence-corrected chi connectivity index (χ4v) is 2.14. The Balaban J connectivity index is 1.78. The van der Waals surface area contributed by atoms with Crippen molar-refractivity contribution in [1.82, 2.24) is 4.98 Å². The molecule has 0 spiro atoms. The van der Waals surface area contributed by atoms with Gasteiger partial charge in [0.05, 0.1) is 11.5 Å². The summed E-state index contributed by atoms with van der Waals surface area (Å²) in [4.78, 5) is 16.1. The molecular formula is C15H13N3O3. The van der Waals surface area contributed by atoms with Crippen molar-refractivity contribution in [2.24, 2.45) is 0 Å². The van der Waals surface area contributed by atoms with Gasteiger partial charge < -0.3 is 9.32 Å². The van der Waals surface area contributed by atoms with Crippen LogP contribution in [0, 0.1) is 10.1 Å². The molecule has 0 unspecified atom stereocenters. The summed E-state index contributed by atoms with van der Waals surface area (Å²) in [6.45, 7) is 0.541. The Morgan fingerprint density at radius 3 is 2.76 bits per heavy atom. The Bertz CT molecular complexity index is 747. The highest BCUT2D eigenvalue weighted by Crippen LogP contribution is 2.22. The van der Waals surface area contributed by atoms with Crippen LogP contribution in [0.1, 0.15) is 5.76 Å². The van der Waals surface area contributed by atoms with Gasteiger partial charge in [-0.1, -0.05) is 18.2 Å². The Hall–Kier alpha value is -2.89. The molecule has 1 aromatic carbocycles. The van der Waals surface area contributed by atoms with E-state index in [2.05, 4.69) is 4.98 Å². The number of benzene rings is 1. The average Bonchev–Trinajstić information content (AvgIpc) is 2.89. The quantitative estimate of drug-likeness (QED) is 0.542. The minimum absolute atomic E-state index is 0.0177. The van der Waals surface area contributed by atoms with Gasteiger partial charge in [-0.2, -0.15) is 0 Å². The number of nitrogens with zero attached hydrogens (tertiary/aromatic N) is 3. The summed E-state index contributed by atoms with van der Waals surface area (Å²) in [6.07, 6.45) is 1.25. The van der Waals surface area contributed by atoms with Gasteiger partial charge in [0.15, 0.2) is 0 Å². The molecule has 3 rings (SSSR count). The summed E-state index contributed by atoms with van der Waals surface area (Å²) >= 11 is 0. The minimum Gasteiger partial charge on any atom is -0.459 e. The molecule has 0 aliphatic heterocycles. The lowest BCUT2D eigenvalue weighted by atomic mass is 10.2. The van der Waals surface area contributed by atoms with Crippen LogP contribution >= 0.6 is 0 Å². The van der Waals surface area contributed by atoms with Gasteiger partial charge in [0.2, 0.25) is 0 Å². The molecule has 0 aliphatic rings. The molecule has 0 amide bonds. The molecule has 0 saturated carbocycles. The normalized spacial score (nSPS) is 10.7. The van der Waals surface area contributed by atoms with Gasteiger partial charge in [0.1, 0.15) is 23.4 Å². The number of hydrogen-bond acceptors (Lipinski definition) is 5. The first-order valence-electron chi connectivity index (χ1n) is 6.42. The van der Waals surface area contributed by atoms with Crippen LogP contribution in [-0.2, 0) is 6.54 Å². The maximum absolute atomic E-state index is 10.6. The van der Waals surface area contributed by atoms with E-state index >= 15 is 0 Å². The summed E-state index contributed by atoms with van der Waals surface area (Å²) in [5.41, 5.74) is 0.827. The third kappa shape index (κ3) is 2.69. The molecule has 0 atom stereocenters. The number of hydrogen-bond donors (Lipinski definition) is 0. The molecule has 0 N–H and O–H groups in total. The van der Waals surface area contributed by atoms with E-state index in [9.17, 15) is 10.1 Å². The lowest BCUT2D eigenvalue weighted by Crippen LogP contribution is -2.17. The summed E-state index contributed by atoms with van der Waals surface area (Å²) in [7, 11) is 1.86. The molecule has 0 fully saturated rings. The topological polar surface area (TPSA) is 72.4 Å². The lowest BCUT2D eigenvalue weighted by Gasteiger charge is -2.15. The van der Waals surface area contributed by atoms with Crippen molar-refractivity contribution in [3.63, 3.8) is 0 Å². The monoisotopic (exact) mass is 283 g/mol.